The first-order valence-corrected chi connectivity index (χ1v) is 4.58. The lowest BCUT2D eigenvalue weighted by Crippen LogP contribution is -1.91. The molecule has 0 unspecified atom stereocenters. The molecule has 0 saturated heterocycles. The van der Waals surface area contributed by atoms with Crippen molar-refractivity contribution in [1.29, 1.82) is 0 Å². The summed E-state index contributed by atoms with van der Waals surface area (Å²) in [5.74, 6) is 0. The molecule has 11 heavy (non-hydrogen) atoms. The number of nitro groups is 1. The van der Waals surface area contributed by atoms with Gasteiger partial charge < -0.3 is 0 Å². The van der Waals surface area contributed by atoms with Crippen molar-refractivity contribution in [2.24, 2.45) is 0 Å². The molecule has 0 amide bonds. The number of hydrogen-bond acceptors (Lipinski definition) is 2. The molecule has 0 spiro atoms. The van der Waals surface area contributed by atoms with Gasteiger partial charge in [0, 0.05) is 0 Å². The highest BCUT2D eigenvalue weighted by molar-refractivity contribution is 14.1. The molecule has 0 heterocycles. The fourth-order valence-electron chi connectivity index (χ4n) is 0.663. The van der Waals surface area contributed by atoms with E-state index in [1.165, 1.54) is 0 Å². The number of rotatable bonds is 1. The van der Waals surface area contributed by atoms with Crippen LogP contribution in [0.25, 0.3) is 0 Å². The number of benzene rings is 1. The lowest BCUT2D eigenvalue weighted by atomic mass is 10.3. The van der Waals surface area contributed by atoms with Gasteiger partial charge in [-0.2, -0.15) is 0 Å². The maximum atomic E-state index is 10.4. The van der Waals surface area contributed by atoms with E-state index < -0.39 is 4.92 Å². The molecule has 0 saturated carbocycles. The van der Waals surface area contributed by atoms with Crippen LogP contribution in [0.1, 0.15) is 0 Å². The lowest BCUT2D eigenvalue weighted by molar-refractivity contribution is -0.386. The zero-order valence-corrected chi connectivity index (χ0v) is 9.00. The van der Waals surface area contributed by atoms with Crippen molar-refractivity contribution in [3.05, 3.63) is 36.4 Å². The maximum Gasteiger partial charge on any atom is 0.296 e. The van der Waals surface area contributed by atoms with E-state index in [4.69, 9.17) is 0 Å². The second-order valence-electron chi connectivity index (χ2n) is 1.83. The van der Waals surface area contributed by atoms with Crippen molar-refractivity contribution in [2.45, 2.75) is 0 Å². The molecule has 5 heteroatoms. The highest BCUT2D eigenvalue weighted by atomic mass is 127. The van der Waals surface area contributed by atoms with Crippen LogP contribution in [0.3, 0.4) is 0 Å². The average molecular weight is 328 g/mol. The molecular weight excluding hydrogens is 325 g/mol. The van der Waals surface area contributed by atoms with E-state index in [1.807, 2.05) is 22.6 Å². The Morgan fingerprint density at radius 2 is 2.18 bits per heavy atom. The van der Waals surface area contributed by atoms with Crippen LogP contribution in [0.15, 0.2) is 22.7 Å². The van der Waals surface area contributed by atoms with Gasteiger partial charge >= 0.3 is 0 Å². The quantitative estimate of drug-likeness (QED) is 0.452. The third-order valence-electron chi connectivity index (χ3n) is 1.12. The standard InChI is InChI=1S/C6H3BrINO2/c7-4-2-1-3-5(8)6(4)9(10)11/h1-3H. The summed E-state index contributed by atoms with van der Waals surface area (Å²) < 4.78 is 1.16. The summed E-state index contributed by atoms with van der Waals surface area (Å²) in [5.41, 5.74) is 0.133. The average Bonchev–Trinajstić information content (AvgIpc) is 1.85. The first-order chi connectivity index (χ1) is 5.13. The Hall–Kier alpha value is -0.170. The Balaban J connectivity index is 3.32. The molecule has 1 aromatic carbocycles. The van der Waals surface area contributed by atoms with Crippen LogP contribution in [0.2, 0.25) is 0 Å². The summed E-state index contributed by atoms with van der Waals surface area (Å²) in [4.78, 5) is 10.0. The van der Waals surface area contributed by atoms with Crippen LogP contribution < -0.4 is 0 Å². The molecule has 0 radical (unpaired) electrons. The normalized spacial score (nSPS) is 9.64. The molecule has 0 aliphatic carbocycles. The minimum absolute atomic E-state index is 0.133. The Kier molecular flexibility index (Phi) is 2.83. The Morgan fingerprint density at radius 3 is 2.55 bits per heavy atom. The van der Waals surface area contributed by atoms with E-state index >= 15 is 0 Å². The van der Waals surface area contributed by atoms with Crippen LogP contribution in [-0.2, 0) is 0 Å². The summed E-state index contributed by atoms with van der Waals surface area (Å²) in [7, 11) is 0. The molecule has 1 rings (SSSR count). The lowest BCUT2D eigenvalue weighted by Gasteiger charge is -1.95. The van der Waals surface area contributed by atoms with Crippen molar-refractivity contribution in [1.82, 2.24) is 0 Å². The van der Waals surface area contributed by atoms with Gasteiger partial charge in [-0.25, -0.2) is 0 Å². The SMILES string of the molecule is O=[N+]([O-])c1c(Br)cccc1I. The third kappa shape index (κ3) is 1.90. The summed E-state index contributed by atoms with van der Waals surface area (Å²) in [5, 5.41) is 10.4. The van der Waals surface area contributed by atoms with Gasteiger partial charge in [0.05, 0.1) is 13.0 Å². The van der Waals surface area contributed by atoms with E-state index in [9.17, 15) is 10.1 Å². The van der Waals surface area contributed by atoms with Crippen molar-refractivity contribution in [3.63, 3.8) is 0 Å². The molecule has 0 aromatic heterocycles. The van der Waals surface area contributed by atoms with Gasteiger partial charge in [0.15, 0.2) is 0 Å². The zero-order chi connectivity index (χ0) is 8.43. The van der Waals surface area contributed by atoms with Crippen molar-refractivity contribution >= 4 is 44.2 Å². The molecule has 0 aliphatic heterocycles. The number of para-hydroxylation sites is 1. The molecule has 0 atom stereocenters. The molecule has 58 valence electrons. The largest absolute Gasteiger partial charge is 0.296 e. The molecule has 0 aliphatic rings. The smallest absolute Gasteiger partial charge is 0.258 e. The number of halogens is 2. The van der Waals surface area contributed by atoms with Gasteiger partial charge in [-0.05, 0) is 50.7 Å². The number of hydrogen-bond donors (Lipinski definition) is 0. The van der Waals surface area contributed by atoms with E-state index in [0.29, 0.717) is 8.04 Å². The van der Waals surface area contributed by atoms with Gasteiger partial charge in [0.25, 0.3) is 5.69 Å². The second-order valence-corrected chi connectivity index (χ2v) is 3.84. The predicted octanol–water partition coefficient (Wildman–Crippen LogP) is 2.96. The van der Waals surface area contributed by atoms with Crippen LogP contribution in [-0.4, -0.2) is 4.92 Å². The van der Waals surface area contributed by atoms with Gasteiger partial charge in [-0.15, -0.1) is 0 Å². The van der Waals surface area contributed by atoms with Crippen LogP contribution in [0.4, 0.5) is 5.69 Å². The van der Waals surface area contributed by atoms with Crippen LogP contribution >= 0.6 is 38.5 Å². The van der Waals surface area contributed by atoms with Crippen molar-refractivity contribution in [3.8, 4) is 0 Å². The van der Waals surface area contributed by atoms with Gasteiger partial charge in [-0.1, -0.05) is 6.07 Å². The fourth-order valence-corrected chi connectivity index (χ4v) is 2.24. The number of nitrogens with zero attached hydrogens (tertiary/aromatic N) is 1. The van der Waals surface area contributed by atoms with Crippen LogP contribution in [0, 0.1) is 13.7 Å². The third-order valence-corrected chi connectivity index (χ3v) is 2.63. The van der Waals surface area contributed by atoms with Gasteiger partial charge in [0.2, 0.25) is 0 Å². The summed E-state index contributed by atoms with van der Waals surface area (Å²) >= 11 is 5.03. The molecule has 0 bridgehead atoms. The minimum atomic E-state index is -0.397. The van der Waals surface area contributed by atoms with Gasteiger partial charge in [-0.3, -0.25) is 10.1 Å². The van der Waals surface area contributed by atoms with Crippen molar-refractivity contribution < 1.29 is 4.92 Å². The van der Waals surface area contributed by atoms with E-state index in [1.54, 1.807) is 18.2 Å². The second kappa shape index (κ2) is 3.48. The zero-order valence-electron chi connectivity index (χ0n) is 5.25. The topological polar surface area (TPSA) is 43.1 Å². The first-order valence-electron chi connectivity index (χ1n) is 2.71. The maximum absolute atomic E-state index is 10.4. The number of nitro benzene ring substituents is 1. The molecule has 0 fully saturated rings. The summed E-state index contributed by atoms with van der Waals surface area (Å²) in [6.07, 6.45) is 0. The van der Waals surface area contributed by atoms with E-state index in [0.717, 1.165) is 0 Å². The summed E-state index contributed by atoms with van der Waals surface area (Å²) in [6.45, 7) is 0. The highest BCUT2D eigenvalue weighted by Crippen LogP contribution is 2.29. The minimum Gasteiger partial charge on any atom is -0.258 e. The molecule has 3 nitrogen and oxygen atoms in total. The first kappa shape index (κ1) is 8.92. The van der Waals surface area contributed by atoms with Crippen LogP contribution in [0.5, 0.6) is 0 Å². The van der Waals surface area contributed by atoms with Crippen molar-refractivity contribution in [2.75, 3.05) is 0 Å². The Labute approximate surface area is 85.2 Å². The molecule has 1 aromatic rings. The van der Waals surface area contributed by atoms with E-state index in [-0.39, 0.29) is 5.69 Å². The Bertz CT molecular complexity index is 282. The summed E-state index contributed by atoms with van der Waals surface area (Å²) in [6, 6.07) is 5.11. The fraction of sp³-hybridized carbons (Fsp3) is 0. The highest BCUT2D eigenvalue weighted by Gasteiger charge is 2.14. The van der Waals surface area contributed by atoms with Gasteiger partial charge in [0.1, 0.15) is 0 Å². The Morgan fingerprint density at radius 1 is 1.55 bits per heavy atom. The molecule has 0 N–H and O–H groups in total. The van der Waals surface area contributed by atoms with E-state index in [2.05, 4.69) is 15.9 Å². The monoisotopic (exact) mass is 327 g/mol. The predicted molar refractivity (Wildman–Crippen MR) is 53.5 cm³/mol. The molecular formula is C6H3BrINO2.